The first-order valence-electron chi connectivity index (χ1n) is 10.5. The fourth-order valence-electron chi connectivity index (χ4n) is 3.77. The lowest BCUT2D eigenvalue weighted by atomic mass is 10.1. The minimum absolute atomic E-state index is 0.248. The number of carbonyl (C=O) groups excluding carboxylic acids is 1. The predicted octanol–water partition coefficient (Wildman–Crippen LogP) is 6.01. The largest absolute Gasteiger partial charge is 0.344 e. The van der Waals surface area contributed by atoms with Crippen molar-refractivity contribution < 1.29 is 13.6 Å². The molecule has 6 heteroatoms. The minimum Gasteiger partial charge on any atom is -0.344 e. The number of nitrogens with one attached hydrogen (secondary N) is 1. The summed E-state index contributed by atoms with van der Waals surface area (Å²) in [4.78, 5) is 18.1. The van der Waals surface area contributed by atoms with Crippen LogP contribution in [0.1, 0.15) is 35.9 Å². The molecule has 0 radical (unpaired) electrons. The molecule has 162 valence electrons. The molecule has 0 saturated heterocycles. The van der Waals surface area contributed by atoms with Crippen LogP contribution in [-0.4, -0.2) is 15.5 Å². The molecule has 0 spiro atoms. The third kappa shape index (κ3) is 4.30. The molecule has 0 saturated carbocycles. The molecule has 3 aromatic carbocycles. The Balaban J connectivity index is 1.84. The maximum Gasteiger partial charge on any atom is 0.270 e. The summed E-state index contributed by atoms with van der Waals surface area (Å²) in [6.45, 7) is 4.21. The number of rotatable bonds is 6. The highest BCUT2D eigenvalue weighted by molar-refractivity contribution is 5.99. The van der Waals surface area contributed by atoms with Gasteiger partial charge in [-0.25, -0.2) is 13.8 Å². The number of halogens is 2. The van der Waals surface area contributed by atoms with Crippen molar-refractivity contribution in [1.29, 1.82) is 0 Å². The summed E-state index contributed by atoms with van der Waals surface area (Å²) in [5.41, 5.74) is 2.64. The van der Waals surface area contributed by atoms with Crippen LogP contribution in [0.3, 0.4) is 0 Å². The molecule has 1 N–H and O–H groups in total. The van der Waals surface area contributed by atoms with Crippen LogP contribution in [0.4, 0.5) is 8.78 Å². The van der Waals surface area contributed by atoms with E-state index in [0.29, 0.717) is 34.9 Å². The van der Waals surface area contributed by atoms with E-state index in [1.54, 1.807) is 28.8 Å². The molecule has 1 aromatic heterocycles. The van der Waals surface area contributed by atoms with E-state index in [-0.39, 0.29) is 11.9 Å². The number of imidazole rings is 1. The van der Waals surface area contributed by atoms with Gasteiger partial charge in [-0.15, -0.1) is 0 Å². The summed E-state index contributed by atoms with van der Waals surface area (Å²) in [5.74, 6) is -0.713. The van der Waals surface area contributed by atoms with E-state index in [1.165, 1.54) is 24.3 Å². The van der Waals surface area contributed by atoms with Gasteiger partial charge in [0.2, 0.25) is 0 Å². The number of amides is 1. The Hall–Kier alpha value is -3.80. The summed E-state index contributed by atoms with van der Waals surface area (Å²) in [6, 6.07) is 21.4. The zero-order chi connectivity index (χ0) is 22.7. The van der Waals surface area contributed by atoms with Gasteiger partial charge in [-0.05, 0) is 43.7 Å². The van der Waals surface area contributed by atoms with Gasteiger partial charge in [0.15, 0.2) is 0 Å². The van der Waals surface area contributed by atoms with Gasteiger partial charge < -0.3 is 9.88 Å². The molecular formula is C26H23F2N3O. The standard InChI is InChI=1S/C26H23F2N3O/c1-3-31-24(26(32)29-17(2)18-9-5-4-6-10-18)23(19-11-7-13-21(27)15-19)30-25(31)20-12-8-14-22(28)16-20/h4-17H,3H2,1-2H3,(H,29,32). The number of carbonyl (C=O) groups is 1. The smallest absolute Gasteiger partial charge is 0.270 e. The van der Waals surface area contributed by atoms with Crippen LogP contribution >= 0.6 is 0 Å². The molecule has 1 unspecified atom stereocenters. The molecule has 1 atom stereocenters. The Morgan fingerprint density at radius 2 is 1.56 bits per heavy atom. The van der Waals surface area contributed by atoms with Crippen LogP contribution in [0.25, 0.3) is 22.6 Å². The van der Waals surface area contributed by atoms with Gasteiger partial charge in [-0.3, -0.25) is 4.79 Å². The number of nitrogens with zero attached hydrogens (tertiary/aromatic N) is 2. The fraction of sp³-hybridized carbons (Fsp3) is 0.154. The average Bonchev–Trinajstić information content (AvgIpc) is 3.19. The van der Waals surface area contributed by atoms with Crippen LogP contribution in [0, 0.1) is 11.6 Å². The zero-order valence-corrected chi connectivity index (χ0v) is 17.8. The summed E-state index contributed by atoms with van der Waals surface area (Å²) in [7, 11) is 0. The van der Waals surface area contributed by atoms with Crippen molar-refractivity contribution in [2.24, 2.45) is 0 Å². The highest BCUT2D eigenvalue weighted by Crippen LogP contribution is 2.31. The molecule has 32 heavy (non-hydrogen) atoms. The van der Waals surface area contributed by atoms with Gasteiger partial charge in [-0.1, -0.05) is 54.6 Å². The Kier molecular flexibility index (Phi) is 6.12. The Labute approximate surface area is 185 Å². The van der Waals surface area contributed by atoms with Gasteiger partial charge in [0, 0.05) is 17.7 Å². The van der Waals surface area contributed by atoms with Crippen LogP contribution in [0.2, 0.25) is 0 Å². The first kappa shape index (κ1) is 21.4. The van der Waals surface area contributed by atoms with Crippen LogP contribution in [0.5, 0.6) is 0 Å². The Bertz CT molecular complexity index is 1250. The number of hydrogen-bond donors (Lipinski definition) is 1. The second-order valence-corrected chi connectivity index (χ2v) is 7.50. The van der Waals surface area contributed by atoms with E-state index in [4.69, 9.17) is 0 Å². The van der Waals surface area contributed by atoms with Gasteiger partial charge in [0.25, 0.3) is 5.91 Å². The second-order valence-electron chi connectivity index (χ2n) is 7.50. The third-order valence-corrected chi connectivity index (χ3v) is 5.33. The SMILES string of the molecule is CCn1c(-c2cccc(F)c2)nc(-c2cccc(F)c2)c1C(=O)NC(C)c1ccccc1. The molecule has 4 rings (SSSR count). The molecule has 0 aliphatic heterocycles. The molecule has 0 aliphatic carbocycles. The van der Waals surface area contributed by atoms with E-state index in [0.717, 1.165) is 5.56 Å². The highest BCUT2D eigenvalue weighted by atomic mass is 19.1. The van der Waals surface area contributed by atoms with Crippen LogP contribution in [0.15, 0.2) is 78.9 Å². The van der Waals surface area contributed by atoms with E-state index in [2.05, 4.69) is 10.3 Å². The highest BCUT2D eigenvalue weighted by Gasteiger charge is 2.25. The van der Waals surface area contributed by atoms with E-state index in [1.807, 2.05) is 44.2 Å². The quantitative estimate of drug-likeness (QED) is 0.407. The first-order valence-corrected chi connectivity index (χ1v) is 10.5. The average molecular weight is 431 g/mol. The molecule has 1 heterocycles. The first-order chi connectivity index (χ1) is 15.5. The van der Waals surface area contributed by atoms with Crippen molar-refractivity contribution in [3.8, 4) is 22.6 Å². The molecule has 0 bridgehead atoms. The summed E-state index contributed by atoms with van der Waals surface area (Å²) in [5, 5.41) is 3.02. The van der Waals surface area contributed by atoms with E-state index in [9.17, 15) is 13.6 Å². The molecule has 4 aromatic rings. The van der Waals surface area contributed by atoms with Crippen LogP contribution < -0.4 is 5.32 Å². The molecule has 0 fully saturated rings. The second kappa shape index (κ2) is 9.14. The van der Waals surface area contributed by atoms with Crippen molar-refractivity contribution in [2.75, 3.05) is 0 Å². The van der Waals surface area contributed by atoms with E-state index < -0.39 is 11.6 Å². The molecule has 1 amide bonds. The normalized spacial score (nSPS) is 11.9. The lowest BCUT2D eigenvalue weighted by molar-refractivity contribution is 0.0931. The number of hydrogen-bond acceptors (Lipinski definition) is 2. The maximum absolute atomic E-state index is 14.0. The molecule has 0 aliphatic rings. The molecular weight excluding hydrogens is 408 g/mol. The van der Waals surface area contributed by atoms with Crippen molar-refractivity contribution in [2.45, 2.75) is 26.4 Å². The van der Waals surface area contributed by atoms with Gasteiger partial charge in [0.05, 0.1) is 6.04 Å². The zero-order valence-electron chi connectivity index (χ0n) is 17.8. The summed E-state index contributed by atoms with van der Waals surface area (Å²) in [6.07, 6.45) is 0. The van der Waals surface area contributed by atoms with Crippen molar-refractivity contribution >= 4 is 5.91 Å². The third-order valence-electron chi connectivity index (χ3n) is 5.33. The Morgan fingerprint density at radius 1 is 0.938 bits per heavy atom. The number of aromatic nitrogens is 2. The maximum atomic E-state index is 14.0. The van der Waals surface area contributed by atoms with Crippen molar-refractivity contribution in [1.82, 2.24) is 14.9 Å². The monoisotopic (exact) mass is 431 g/mol. The van der Waals surface area contributed by atoms with Crippen molar-refractivity contribution in [3.05, 3.63) is 102 Å². The number of benzene rings is 3. The topological polar surface area (TPSA) is 46.9 Å². The van der Waals surface area contributed by atoms with Crippen LogP contribution in [-0.2, 0) is 6.54 Å². The molecule has 4 nitrogen and oxygen atoms in total. The predicted molar refractivity (Wildman–Crippen MR) is 121 cm³/mol. The lowest BCUT2D eigenvalue weighted by Crippen LogP contribution is -2.29. The van der Waals surface area contributed by atoms with Gasteiger partial charge >= 0.3 is 0 Å². The summed E-state index contributed by atoms with van der Waals surface area (Å²) < 4.78 is 29.7. The van der Waals surface area contributed by atoms with Crippen molar-refractivity contribution in [3.63, 3.8) is 0 Å². The van der Waals surface area contributed by atoms with E-state index >= 15 is 0 Å². The lowest BCUT2D eigenvalue weighted by Gasteiger charge is -2.16. The Morgan fingerprint density at radius 3 is 2.19 bits per heavy atom. The summed E-state index contributed by atoms with van der Waals surface area (Å²) >= 11 is 0. The minimum atomic E-state index is -0.426. The van der Waals surface area contributed by atoms with Gasteiger partial charge in [0.1, 0.15) is 28.8 Å². The van der Waals surface area contributed by atoms with Gasteiger partial charge in [-0.2, -0.15) is 0 Å². The fourth-order valence-corrected chi connectivity index (χ4v) is 3.77.